The van der Waals surface area contributed by atoms with E-state index in [9.17, 15) is 20.1 Å². The van der Waals surface area contributed by atoms with E-state index in [1.54, 1.807) is 0 Å². The van der Waals surface area contributed by atoms with Gasteiger partial charge in [-0.1, -0.05) is 316 Å². The van der Waals surface area contributed by atoms with Crippen LogP contribution in [0.1, 0.15) is 335 Å². The van der Waals surface area contributed by atoms with E-state index in [1.807, 2.05) is 0 Å². The monoisotopic (exact) mass is 878 g/mol. The molecule has 0 heterocycles. The van der Waals surface area contributed by atoms with Gasteiger partial charge in [0, 0.05) is 0 Å². The van der Waals surface area contributed by atoms with E-state index in [4.69, 9.17) is 0 Å². The molecule has 0 aromatic carbocycles. The van der Waals surface area contributed by atoms with Crippen molar-refractivity contribution < 1.29 is 20.1 Å². The van der Waals surface area contributed by atoms with Crippen LogP contribution in [0.25, 0.3) is 0 Å². The summed E-state index contributed by atoms with van der Waals surface area (Å²) in [4.78, 5) is 12.5. The molecule has 1 amide bonds. The second-order valence-electron chi connectivity index (χ2n) is 20.3. The van der Waals surface area contributed by atoms with E-state index in [2.05, 4.69) is 19.2 Å². The van der Waals surface area contributed by atoms with Gasteiger partial charge < -0.3 is 20.6 Å². The fourth-order valence-electron chi connectivity index (χ4n) is 9.53. The van der Waals surface area contributed by atoms with Crippen molar-refractivity contribution in [3.63, 3.8) is 0 Å². The summed E-state index contributed by atoms with van der Waals surface area (Å²) >= 11 is 0. The molecular weight excluding hydrogens is 763 g/mol. The lowest BCUT2D eigenvalue weighted by Gasteiger charge is -2.23. The molecule has 0 fully saturated rings. The minimum Gasteiger partial charge on any atom is -0.394 e. The molecule has 5 heteroatoms. The molecule has 5 nitrogen and oxygen atoms in total. The summed E-state index contributed by atoms with van der Waals surface area (Å²) in [6.45, 7) is 4.30. The number of hydrogen-bond acceptors (Lipinski definition) is 4. The number of amides is 1. The maximum Gasteiger partial charge on any atom is 0.222 e. The predicted octanol–water partition coefficient (Wildman–Crippen LogP) is 17.7. The second kappa shape index (κ2) is 53.0. The highest BCUT2D eigenvalue weighted by atomic mass is 16.3. The Morgan fingerprint density at radius 2 is 0.548 bits per heavy atom. The minimum atomic E-state index is -0.744. The Morgan fingerprint density at radius 1 is 0.339 bits per heavy atom. The highest BCUT2D eigenvalue weighted by Crippen LogP contribution is 2.19. The lowest BCUT2D eigenvalue weighted by Crippen LogP contribution is -2.46. The van der Waals surface area contributed by atoms with Crippen molar-refractivity contribution in [2.24, 2.45) is 0 Å². The maximum atomic E-state index is 12.5. The van der Waals surface area contributed by atoms with Crippen LogP contribution in [0.2, 0.25) is 0 Å². The van der Waals surface area contributed by atoms with Gasteiger partial charge in [0.15, 0.2) is 0 Å². The Kier molecular flexibility index (Phi) is 52.4. The average molecular weight is 879 g/mol. The van der Waals surface area contributed by atoms with Gasteiger partial charge >= 0.3 is 0 Å². The van der Waals surface area contributed by atoms with Crippen LogP contribution in [-0.2, 0) is 4.79 Å². The molecule has 3 unspecified atom stereocenters. The summed E-state index contributed by atoms with van der Waals surface area (Å²) in [5.74, 6) is -0.275. The van der Waals surface area contributed by atoms with Gasteiger partial charge in [0.1, 0.15) is 0 Å². The SMILES string of the molecule is CCCCCCCCCCCCCCCCCCCCCCCCCCCCCCCCCCCC(O)CC(=O)NC(CO)C(O)CCCCCCCCCCCCCCCC. The van der Waals surface area contributed by atoms with E-state index in [0.717, 1.165) is 25.7 Å². The van der Waals surface area contributed by atoms with Crippen molar-refractivity contribution in [1.29, 1.82) is 0 Å². The van der Waals surface area contributed by atoms with E-state index >= 15 is 0 Å². The zero-order valence-corrected chi connectivity index (χ0v) is 42.5. The number of rotatable bonds is 54. The zero-order valence-electron chi connectivity index (χ0n) is 42.5. The first-order chi connectivity index (χ1) is 30.5. The number of aliphatic hydroxyl groups is 3. The Hall–Kier alpha value is -0.650. The van der Waals surface area contributed by atoms with Crippen LogP contribution in [-0.4, -0.2) is 46.1 Å². The fourth-order valence-corrected chi connectivity index (χ4v) is 9.53. The number of unbranched alkanes of at least 4 members (excludes halogenated alkanes) is 45. The van der Waals surface area contributed by atoms with E-state index in [0.29, 0.717) is 12.8 Å². The highest BCUT2D eigenvalue weighted by molar-refractivity contribution is 5.76. The van der Waals surface area contributed by atoms with E-state index in [1.165, 1.54) is 276 Å². The van der Waals surface area contributed by atoms with Gasteiger partial charge in [-0.15, -0.1) is 0 Å². The van der Waals surface area contributed by atoms with Crippen molar-refractivity contribution in [1.82, 2.24) is 5.32 Å². The third-order valence-electron chi connectivity index (χ3n) is 13.9. The van der Waals surface area contributed by atoms with Gasteiger partial charge in [0.05, 0.1) is 31.3 Å². The lowest BCUT2D eigenvalue weighted by atomic mass is 10.0. The largest absolute Gasteiger partial charge is 0.394 e. The van der Waals surface area contributed by atoms with Gasteiger partial charge in [0.2, 0.25) is 5.91 Å². The quantitative estimate of drug-likeness (QED) is 0.0458. The molecule has 0 aromatic rings. The lowest BCUT2D eigenvalue weighted by molar-refractivity contribution is -0.125. The Balaban J connectivity index is 3.41. The van der Waals surface area contributed by atoms with E-state index in [-0.39, 0.29) is 18.9 Å². The molecule has 0 saturated carbocycles. The van der Waals surface area contributed by atoms with Crippen LogP contribution in [0.15, 0.2) is 0 Å². The smallest absolute Gasteiger partial charge is 0.222 e. The first-order valence-electron chi connectivity index (χ1n) is 28.8. The number of aliphatic hydroxyl groups excluding tert-OH is 3. The van der Waals surface area contributed by atoms with Crippen molar-refractivity contribution in [2.75, 3.05) is 6.61 Å². The van der Waals surface area contributed by atoms with Gasteiger partial charge in [-0.05, 0) is 12.8 Å². The molecule has 3 atom stereocenters. The molecule has 62 heavy (non-hydrogen) atoms. The third-order valence-corrected chi connectivity index (χ3v) is 13.9. The molecule has 0 aromatic heterocycles. The number of hydrogen-bond donors (Lipinski definition) is 4. The molecule has 372 valence electrons. The van der Waals surface area contributed by atoms with Crippen molar-refractivity contribution in [3.05, 3.63) is 0 Å². The van der Waals surface area contributed by atoms with E-state index < -0.39 is 18.2 Å². The summed E-state index contributed by atoms with van der Waals surface area (Å²) in [5, 5.41) is 33.6. The van der Waals surface area contributed by atoms with Crippen LogP contribution in [0.4, 0.5) is 0 Å². The topological polar surface area (TPSA) is 89.8 Å². The minimum absolute atomic E-state index is 0.0434. The molecular formula is C57H115NO4. The first-order valence-corrected chi connectivity index (χ1v) is 28.8. The Labute approximate surface area is 389 Å². The van der Waals surface area contributed by atoms with Crippen LogP contribution in [0.5, 0.6) is 0 Å². The second-order valence-corrected chi connectivity index (χ2v) is 20.3. The summed E-state index contributed by atoms with van der Waals surface area (Å²) in [6, 6.07) is -0.653. The molecule has 0 aliphatic rings. The number of nitrogens with one attached hydrogen (secondary N) is 1. The number of carbonyl (C=O) groups excluding carboxylic acids is 1. The summed E-state index contributed by atoms with van der Waals surface area (Å²) < 4.78 is 0. The van der Waals surface area contributed by atoms with Gasteiger partial charge in [-0.2, -0.15) is 0 Å². The fraction of sp³-hybridized carbons (Fsp3) is 0.982. The molecule has 0 saturated heterocycles. The third kappa shape index (κ3) is 48.8. The standard InChI is InChI=1S/C57H115NO4/c1-3-5-7-9-11-13-15-17-19-20-21-22-23-24-25-26-27-28-29-30-31-32-33-34-35-36-37-38-40-42-44-46-48-50-54(60)52-57(62)58-55(53-59)56(61)51-49-47-45-43-41-39-18-16-14-12-10-8-6-4-2/h54-56,59-61H,3-53H2,1-2H3,(H,58,62). The summed E-state index contributed by atoms with van der Waals surface area (Å²) in [7, 11) is 0. The molecule has 0 aliphatic heterocycles. The molecule has 0 aliphatic carbocycles. The summed E-state index contributed by atoms with van der Waals surface area (Å²) in [6.07, 6.45) is 64.2. The maximum absolute atomic E-state index is 12.5. The van der Waals surface area contributed by atoms with Crippen LogP contribution in [0, 0.1) is 0 Å². The van der Waals surface area contributed by atoms with Crippen LogP contribution >= 0.6 is 0 Å². The zero-order chi connectivity index (χ0) is 45.1. The molecule has 0 spiro atoms. The highest BCUT2D eigenvalue weighted by Gasteiger charge is 2.21. The number of carbonyl (C=O) groups is 1. The normalized spacial score (nSPS) is 13.2. The average Bonchev–Trinajstić information content (AvgIpc) is 3.27. The van der Waals surface area contributed by atoms with Crippen molar-refractivity contribution >= 4 is 5.91 Å². The molecule has 4 N–H and O–H groups in total. The van der Waals surface area contributed by atoms with Gasteiger partial charge in [0.25, 0.3) is 0 Å². The first kappa shape index (κ1) is 61.4. The van der Waals surface area contributed by atoms with Crippen LogP contribution in [0.3, 0.4) is 0 Å². The van der Waals surface area contributed by atoms with Crippen molar-refractivity contribution in [2.45, 2.75) is 353 Å². The van der Waals surface area contributed by atoms with Gasteiger partial charge in [-0.25, -0.2) is 0 Å². The molecule has 0 bridgehead atoms. The molecule has 0 rings (SSSR count). The molecule has 0 radical (unpaired) electrons. The Morgan fingerprint density at radius 3 is 0.774 bits per heavy atom. The van der Waals surface area contributed by atoms with Crippen LogP contribution < -0.4 is 5.32 Å². The van der Waals surface area contributed by atoms with Gasteiger partial charge in [-0.3, -0.25) is 4.79 Å². The summed E-state index contributed by atoms with van der Waals surface area (Å²) in [5.41, 5.74) is 0. The van der Waals surface area contributed by atoms with Crippen molar-refractivity contribution in [3.8, 4) is 0 Å². The Bertz CT molecular complexity index is 838. The predicted molar refractivity (Wildman–Crippen MR) is 273 cm³/mol.